The van der Waals surface area contributed by atoms with Gasteiger partial charge >= 0.3 is 0 Å². The quantitative estimate of drug-likeness (QED) is 0.680. The Morgan fingerprint density at radius 1 is 1.50 bits per heavy atom. The average Bonchev–Trinajstić information content (AvgIpc) is 2.47. The first-order chi connectivity index (χ1) is 6.58. The van der Waals surface area contributed by atoms with Gasteiger partial charge in [0, 0.05) is 13.1 Å². The first-order valence-corrected chi connectivity index (χ1v) is 5.34. The molecule has 1 aromatic rings. The van der Waals surface area contributed by atoms with Crippen LogP contribution in [0.3, 0.4) is 0 Å². The predicted octanol–water partition coefficient (Wildman–Crippen LogP) is 2.01. The van der Waals surface area contributed by atoms with Gasteiger partial charge in [-0.3, -0.25) is 9.58 Å². The molecule has 0 amide bonds. The molecule has 2 rings (SSSR count). The van der Waals surface area contributed by atoms with Crippen molar-refractivity contribution in [1.29, 1.82) is 0 Å². The molecular formula is C11H19N3. The molecule has 0 saturated carbocycles. The predicted molar refractivity (Wildman–Crippen MR) is 57.4 cm³/mol. The van der Waals surface area contributed by atoms with Gasteiger partial charge in [0.2, 0.25) is 0 Å². The van der Waals surface area contributed by atoms with E-state index in [1.807, 2.05) is 0 Å². The third-order valence-electron chi connectivity index (χ3n) is 2.85. The van der Waals surface area contributed by atoms with Crippen LogP contribution < -0.4 is 0 Å². The minimum Gasteiger partial charge on any atom is -0.298 e. The summed E-state index contributed by atoms with van der Waals surface area (Å²) in [7, 11) is 2.17. The van der Waals surface area contributed by atoms with Gasteiger partial charge in [0.1, 0.15) is 0 Å². The van der Waals surface area contributed by atoms with E-state index in [4.69, 9.17) is 0 Å². The van der Waals surface area contributed by atoms with Crippen LogP contribution >= 0.6 is 0 Å². The van der Waals surface area contributed by atoms with Gasteiger partial charge in [-0.1, -0.05) is 13.8 Å². The summed E-state index contributed by atoms with van der Waals surface area (Å²) < 4.78 is 2.19. The maximum atomic E-state index is 4.66. The molecule has 1 atom stereocenters. The summed E-state index contributed by atoms with van der Waals surface area (Å²) >= 11 is 0. The Labute approximate surface area is 85.7 Å². The number of hydrogen-bond acceptors (Lipinski definition) is 2. The third kappa shape index (κ3) is 1.57. The van der Waals surface area contributed by atoms with Crippen LogP contribution in [0.5, 0.6) is 0 Å². The topological polar surface area (TPSA) is 21.1 Å². The third-order valence-corrected chi connectivity index (χ3v) is 2.85. The van der Waals surface area contributed by atoms with Gasteiger partial charge in [-0.25, -0.2) is 0 Å². The molecule has 0 aliphatic carbocycles. The molecular weight excluding hydrogens is 174 g/mol. The maximum absolute atomic E-state index is 4.66. The van der Waals surface area contributed by atoms with E-state index in [1.54, 1.807) is 0 Å². The standard InChI is InChI=1S/C11H19N3/c1-8(2)11-5-10-7-13(4)6-9(3)14(10)12-11/h5,8-9H,6-7H2,1-4H3. The van der Waals surface area contributed by atoms with Gasteiger partial charge in [0.25, 0.3) is 0 Å². The summed E-state index contributed by atoms with van der Waals surface area (Å²) in [6.07, 6.45) is 0. The summed E-state index contributed by atoms with van der Waals surface area (Å²) in [4.78, 5) is 2.35. The SMILES string of the molecule is CC(C)c1cc2n(n1)C(C)CN(C)C2. The molecule has 0 radical (unpaired) electrons. The first kappa shape index (κ1) is 9.71. The highest BCUT2D eigenvalue weighted by Crippen LogP contribution is 2.23. The minimum atomic E-state index is 0.510. The van der Waals surface area contributed by atoms with E-state index in [2.05, 4.69) is 48.6 Å². The Morgan fingerprint density at radius 3 is 2.86 bits per heavy atom. The van der Waals surface area contributed by atoms with Crippen molar-refractivity contribution in [1.82, 2.24) is 14.7 Å². The van der Waals surface area contributed by atoms with Crippen molar-refractivity contribution >= 4 is 0 Å². The summed E-state index contributed by atoms with van der Waals surface area (Å²) in [6, 6.07) is 2.76. The fourth-order valence-electron chi connectivity index (χ4n) is 2.11. The molecule has 1 aliphatic rings. The second-order valence-corrected chi connectivity index (χ2v) is 4.71. The van der Waals surface area contributed by atoms with E-state index < -0.39 is 0 Å². The average molecular weight is 193 g/mol. The van der Waals surface area contributed by atoms with Gasteiger partial charge in [-0.2, -0.15) is 5.10 Å². The molecule has 0 aromatic carbocycles. The van der Waals surface area contributed by atoms with Gasteiger partial charge < -0.3 is 0 Å². The van der Waals surface area contributed by atoms with Crippen LogP contribution in [0.25, 0.3) is 0 Å². The molecule has 0 spiro atoms. The van der Waals surface area contributed by atoms with Crippen molar-refractivity contribution in [2.75, 3.05) is 13.6 Å². The molecule has 0 N–H and O–H groups in total. The Hall–Kier alpha value is -0.830. The van der Waals surface area contributed by atoms with Crippen LogP contribution in [-0.2, 0) is 6.54 Å². The van der Waals surface area contributed by atoms with Crippen molar-refractivity contribution in [3.8, 4) is 0 Å². The van der Waals surface area contributed by atoms with Crippen molar-refractivity contribution in [2.45, 2.75) is 39.3 Å². The number of hydrogen-bond donors (Lipinski definition) is 0. The summed E-state index contributed by atoms with van der Waals surface area (Å²) in [5, 5.41) is 4.66. The lowest BCUT2D eigenvalue weighted by Gasteiger charge is -2.28. The molecule has 1 aliphatic heterocycles. The van der Waals surface area contributed by atoms with Gasteiger partial charge in [-0.05, 0) is 26.0 Å². The molecule has 3 heteroatoms. The molecule has 1 aromatic heterocycles. The summed E-state index contributed by atoms with van der Waals surface area (Å²) in [6.45, 7) is 8.76. The fourth-order valence-corrected chi connectivity index (χ4v) is 2.11. The monoisotopic (exact) mass is 193 g/mol. The van der Waals surface area contributed by atoms with E-state index >= 15 is 0 Å². The van der Waals surface area contributed by atoms with E-state index in [0.29, 0.717) is 12.0 Å². The number of nitrogens with zero attached hydrogens (tertiary/aromatic N) is 3. The van der Waals surface area contributed by atoms with E-state index in [0.717, 1.165) is 13.1 Å². The van der Waals surface area contributed by atoms with Crippen molar-refractivity contribution < 1.29 is 0 Å². The van der Waals surface area contributed by atoms with Crippen molar-refractivity contribution in [2.24, 2.45) is 0 Å². The van der Waals surface area contributed by atoms with Crippen LogP contribution in [0.2, 0.25) is 0 Å². The Kier molecular flexibility index (Phi) is 2.35. The zero-order valence-corrected chi connectivity index (χ0v) is 9.49. The van der Waals surface area contributed by atoms with Crippen LogP contribution in [-0.4, -0.2) is 28.3 Å². The summed E-state index contributed by atoms with van der Waals surface area (Å²) in [5.74, 6) is 0.533. The second kappa shape index (κ2) is 3.39. The lowest BCUT2D eigenvalue weighted by molar-refractivity contribution is 0.220. The zero-order valence-electron chi connectivity index (χ0n) is 9.49. The van der Waals surface area contributed by atoms with Crippen LogP contribution in [0, 0.1) is 0 Å². The number of rotatable bonds is 1. The minimum absolute atomic E-state index is 0.510. The normalized spacial score (nSPS) is 22.8. The fraction of sp³-hybridized carbons (Fsp3) is 0.727. The zero-order chi connectivity index (χ0) is 10.3. The molecule has 78 valence electrons. The second-order valence-electron chi connectivity index (χ2n) is 4.71. The van der Waals surface area contributed by atoms with Crippen molar-refractivity contribution in [3.63, 3.8) is 0 Å². The van der Waals surface area contributed by atoms with E-state index in [1.165, 1.54) is 11.4 Å². The Balaban J connectivity index is 2.35. The Morgan fingerprint density at radius 2 is 2.21 bits per heavy atom. The van der Waals surface area contributed by atoms with E-state index in [9.17, 15) is 0 Å². The molecule has 14 heavy (non-hydrogen) atoms. The van der Waals surface area contributed by atoms with Gasteiger partial charge in [0.15, 0.2) is 0 Å². The maximum Gasteiger partial charge on any atom is 0.0653 e. The van der Waals surface area contributed by atoms with Crippen LogP contribution in [0.1, 0.15) is 44.1 Å². The number of fused-ring (bicyclic) bond motifs is 1. The van der Waals surface area contributed by atoms with Gasteiger partial charge in [-0.15, -0.1) is 0 Å². The van der Waals surface area contributed by atoms with E-state index in [-0.39, 0.29) is 0 Å². The largest absolute Gasteiger partial charge is 0.298 e. The highest BCUT2D eigenvalue weighted by molar-refractivity contribution is 5.15. The highest BCUT2D eigenvalue weighted by atomic mass is 15.4. The first-order valence-electron chi connectivity index (χ1n) is 5.34. The molecule has 0 fully saturated rings. The number of aromatic nitrogens is 2. The molecule has 0 bridgehead atoms. The van der Waals surface area contributed by atoms with Crippen molar-refractivity contribution in [3.05, 3.63) is 17.5 Å². The van der Waals surface area contributed by atoms with Gasteiger partial charge in [0.05, 0.1) is 17.4 Å². The molecule has 1 unspecified atom stereocenters. The Bertz CT molecular complexity index is 327. The lowest BCUT2D eigenvalue weighted by atomic mass is 10.1. The molecule has 0 saturated heterocycles. The molecule has 2 heterocycles. The smallest absolute Gasteiger partial charge is 0.0653 e. The molecule has 3 nitrogen and oxygen atoms in total. The highest BCUT2D eigenvalue weighted by Gasteiger charge is 2.21. The lowest BCUT2D eigenvalue weighted by Crippen LogP contribution is -2.33. The number of likely N-dealkylation sites (N-methyl/N-ethyl adjacent to an activating group) is 1. The summed E-state index contributed by atoms with van der Waals surface area (Å²) in [5.41, 5.74) is 2.58. The van der Waals surface area contributed by atoms with Crippen LogP contribution in [0.15, 0.2) is 6.07 Å². The van der Waals surface area contributed by atoms with Crippen LogP contribution in [0.4, 0.5) is 0 Å².